The zero-order valence-electron chi connectivity index (χ0n) is 14.5. The number of methoxy groups -OCH3 is 2. The SMILES string of the molecule is CCO[Si](Cc1cc(C)cc(OC)c1OC)(OCC)OCC. The van der Waals surface area contributed by atoms with Crippen LogP contribution in [0.1, 0.15) is 31.9 Å². The standard InChI is InChI=1S/C16H28O5Si/c1-7-19-22(20-8-2,21-9-3)12-14-10-13(4)11-15(17-5)16(14)18-6/h10-11H,7-9,12H2,1-6H3. The largest absolute Gasteiger partial charge is 0.505 e. The molecule has 5 nitrogen and oxygen atoms in total. The Balaban J connectivity index is 3.23. The summed E-state index contributed by atoms with van der Waals surface area (Å²) < 4.78 is 28.7. The van der Waals surface area contributed by atoms with Crippen LogP contribution >= 0.6 is 0 Å². The molecule has 0 aromatic heterocycles. The van der Waals surface area contributed by atoms with Crippen LogP contribution < -0.4 is 9.47 Å². The fourth-order valence-electron chi connectivity index (χ4n) is 2.50. The van der Waals surface area contributed by atoms with Gasteiger partial charge < -0.3 is 22.8 Å². The number of aryl methyl sites for hydroxylation is 1. The van der Waals surface area contributed by atoms with Gasteiger partial charge in [0.2, 0.25) is 0 Å². The van der Waals surface area contributed by atoms with E-state index in [-0.39, 0.29) is 0 Å². The molecule has 22 heavy (non-hydrogen) atoms. The first kappa shape index (κ1) is 19.0. The average molecular weight is 328 g/mol. The van der Waals surface area contributed by atoms with Crippen molar-refractivity contribution in [1.82, 2.24) is 0 Å². The molecule has 0 N–H and O–H groups in total. The lowest BCUT2D eigenvalue weighted by molar-refractivity contribution is 0.0702. The Labute approximate surface area is 134 Å². The highest BCUT2D eigenvalue weighted by molar-refractivity contribution is 6.60. The van der Waals surface area contributed by atoms with Gasteiger partial charge in [0.1, 0.15) is 0 Å². The molecule has 0 saturated heterocycles. The van der Waals surface area contributed by atoms with E-state index in [0.717, 1.165) is 11.1 Å². The van der Waals surface area contributed by atoms with Crippen molar-refractivity contribution in [1.29, 1.82) is 0 Å². The van der Waals surface area contributed by atoms with E-state index in [4.69, 9.17) is 22.8 Å². The second-order valence-electron chi connectivity index (χ2n) is 4.82. The minimum Gasteiger partial charge on any atom is -0.493 e. The summed E-state index contributed by atoms with van der Waals surface area (Å²) in [4.78, 5) is 0. The summed E-state index contributed by atoms with van der Waals surface area (Å²) >= 11 is 0. The molecule has 0 fully saturated rings. The van der Waals surface area contributed by atoms with Gasteiger partial charge in [-0.05, 0) is 39.3 Å². The van der Waals surface area contributed by atoms with Crippen molar-refractivity contribution in [3.63, 3.8) is 0 Å². The highest BCUT2D eigenvalue weighted by atomic mass is 28.4. The fraction of sp³-hybridized carbons (Fsp3) is 0.625. The van der Waals surface area contributed by atoms with E-state index in [1.54, 1.807) is 14.2 Å². The summed E-state index contributed by atoms with van der Waals surface area (Å²) in [5.41, 5.74) is 2.08. The Kier molecular flexibility index (Phi) is 7.88. The Hall–Kier alpha value is -1.08. The van der Waals surface area contributed by atoms with Gasteiger partial charge >= 0.3 is 8.80 Å². The number of hydrogen-bond donors (Lipinski definition) is 0. The quantitative estimate of drug-likeness (QED) is 0.618. The normalized spacial score (nSPS) is 11.5. The van der Waals surface area contributed by atoms with E-state index < -0.39 is 8.80 Å². The van der Waals surface area contributed by atoms with E-state index in [9.17, 15) is 0 Å². The lowest BCUT2D eigenvalue weighted by atomic mass is 10.1. The zero-order valence-corrected chi connectivity index (χ0v) is 15.5. The molecular formula is C16H28O5Si. The first-order chi connectivity index (χ1) is 10.6. The Morgan fingerprint density at radius 3 is 1.82 bits per heavy atom. The molecule has 0 saturated carbocycles. The van der Waals surface area contributed by atoms with Gasteiger partial charge in [-0.15, -0.1) is 0 Å². The lowest BCUT2D eigenvalue weighted by Gasteiger charge is -2.29. The van der Waals surface area contributed by atoms with Gasteiger partial charge in [-0.1, -0.05) is 6.07 Å². The first-order valence-electron chi connectivity index (χ1n) is 7.69. The predicted octanol–water partition coefficient (Wildman–Crippen LogP) is 3.14. The van der Waals surface area contributed by atoms with Crippen LogP contribution in [0.2, 0.25) is 0 Å². The lowest BCUT2D eigenvalue weighted by Crippen LogP contribution is -2.48. The fourth-order valence-corrected chi connectivity index (χ4v) is 5.10. The average Bonchev–Trinajstić information content (AvgIpc) is 2.47. The van der Waals surface area contributed by atoms with Crippen molar-refractivity contribution in [2.75, 3.05) is 34.0 Å². The van der Waals surface area contributed by atoms with Gasteiger partial charge in [0.15, 0.2) is 11.5 Å². The molecule has 0 bridgehead atoms. The van der Waals surface area contributed by atoms with Crippen LogP contribution in [0, 0.1) is 6.92 Å². The molecule has 0 atom stereocenters. The number of ether oxygens (including phenoxy) is 2. The van der Waals surface area contributed by atoms with Crippen LogP contribution in [0.3, 0.4) is 0 Å². The molecule has 0 heterocycles. The van der Waals surface area contributed by atoms with Crippen LogP contribution in [0.25, 0.3) is 0 Å². The van der Waals surface area contributed by atoms with Crippen LogP contribution in [0.5, 0.6) is 11.5 Å². The number of benzene rings is 1. The third-order valence-electron chi connectivity index (χ3n) is 3.20. The van der Waals surface area contributed by atoms with Gasteiger partial charge in [-0.2, -0.15) is 0 Å². The zero-order chi connectivity index (χ0) is 16.6. The van der Waals surface area contributed by atoms with Gasteiger partial charge in [0.25, 0.3) is 0 Å². The van der Waals surface area contributed by atoms with Gasteiger partial charge in [0.05, 0.1) is 14.2 Å². The smallest absolute Gasteiger partial charge is 0.493 e. The second-order valence-corrected chi connectivity index (χ2v) is 7.40. The molecule has 6 heteroatoms. The Morgan fingerprint density at radius 2 is 1.41 bits per heavy atom. The minimum atomic E-state index is -2.78. The molecule has 0 aliphatic rings. The number of rotatable bonds is 10. The van der Waals surface area contributed by atoms with E-state index in [1.807, 2.05) is 33.8 Å². The van der Waals surface area contributed by atoms with E-state index >= 15 is 0 Å². The molecule has 1 aromatic rings. The van der Waals surface area contributed by atoms with Crippen molar-refractivity contribution in [3.05, 3.63) is 23.3 Å². The third-order valence-corrected chi connectivity index (χ3v) is 6.20. The Morgan fingerprint density at radius 1 is 0.864 bits per heavy atom. The van der Waals surface area contributed by atoms with E-state index in [1.165, 1.54) is 0 Å². The molecule has 0 radical (unpaired) electrons. The van der Waals surface area contributed by atoms with Crippen LogP contribution in [0.4, 0.5) is 0 Å². The van der Waals surface area contributed by atoms with Crippen molar-refractivity contribution < 1.29 is 22.8 Å². The second kappa shape index (κ2) is 9.15. The summed E-state index contributed by atoms with van der Waals surface area (Å²) in [5.74, 6) is 1.42. The highest BCUT2D eigenvalue weighted by Gasteiger charge is 2.41. The van der Waals surface area contributed by atoms with Gasteiger partial charge in [0, 0.05) is 31.4 Å². The summed E-state index contributed by atoms with van der Waals surface area (Å²) in [7, 11) is 0.501. The summed E-state index contributed by atoms with van der Waals surface area (Å²) in [6.45, 7) is 9.54. The van der Waals surface area contributed by atoms with Gasteiger partial charge in [-0.3, -0.25) is 0 Å². The summed E-state index contributed by atoms with van der Waals surface area (Å²) in [6.07, 6.45) is 0. The van der Waals surface area contributed by atoms with E-state index in [2.05, 4.69) is 6.07 Å². The summed E-state index contributed by atoms with van der Waals surface area (Å²) in [6, 6.07) is 4.58. The third kappa shape index (κ3) is 4.71. The molecule has 0 amide bonds. The van der Waals surface area contributed by atoms with Gasteiger partial charge in [-0.25, -0.2) is 0 Å². The highest BCUT2D eigenvalue weighted by Crippen LogP contribution is 2.34. The molecule has 0 aliphatic carbocycles. The molecule has 126 valence electrons. The van der Waals surface area contributed by atoms with Crippen molar-refractivity contribution >= 4 is 8.80 Å². The Bertz CT molecular complexity index is 447. The molecule has 0 aliphatic heterocycles. The molecule has 1 aromatic carbocycles. The molecule has 0 spiro atoms. The maximum Gasteiger partial charge on any atom is 0.505 e. The van der Waals surface area contributed by atoms with Crippen molar-refractivity contribution in [2.24, 2.45) is 0 Å². The maximum atomic E-state index is 5.93. The summed E-state index contributed by atoms with van der Waals surface area (Å²) in [5, 5.41) is 0. The van der Waals surface area contributed by atoms with Crippen LogP contribution in [0.15, 0.2) is 12.1 Å². The van der Waals surface area contributed by atoms with Crippen LogP contribution in [-0.4, -0.2) is 42.8 Å². The van der Waals surface area contributed by atoms with Crippen LogP contribution in [-0.2, 0) is 19.3 Å². The topological polar surface area (TPSA) is 46.2 Å². The first-order valence-corrected chi connectivity index (χ1v) is 9.62. The maximum absolute atomic E-state index is 5.93. The monoisotopic (exact) mass is 328 g/mol. The van der Waals surface area contributed by atoms with Crippen molar-refractivity contribution in [2.45, 2.75) is 33.7 Å². The van der Waals surface area contributed by atoms with Crippen molar-refractivity contribution in [3.8, 4) is 11.5 Å². The minimum absolute atomic E-state index is 0.553. The number of hydrogen-bond acceptors (Lipinski definition) is 5. The molecule has 0 unspecified atom stereocenters. The predicted molar refractivity (Wildman–Crippen MR) is 88.6 cm³/mol. The van der Waals surface area contributed by atoms with E-state index in [0.29, 0.717) is 37.4 Å². The molecular weight excluding hydrogens is 300 g/mol. The molecule has 1 rings (SSSR count).